The maximum atomic E-state index is 9.36. The normalized spacial score (nSPS) is 12.2. The van der Waals surface area contributed by atoms with E-state index in [1.807, 2.05) is 48.5 Å². The second-order valence-corrected chi connectivity index (χ2v) is 4.75. The molecular weight excluding hydrogens is 250 g/mol. The van der Waals surface area contributed by atoms with Crippen LogP contribution >= 0.6 is 0 Å². The van der Waals surface area contributed by atoms with Gasteiger partial charge in [0.15, 0.2) is 0 Å². The molecule has 0 radical (unpaired) electrons. The van der Waals surface area contributed by atoms with Gasteiger partial charge >= 0.3 is 0 Å². The van der Waals surface area contributed by atoms with Gasteiger partial charge in [0.2, 0.25) is 0 Å². The second kappa shape index (κ2) is 8.48. The molecule has 0 heterocycles. The lowest BCUT2D eigenvalue weighted by molar-refractivity contribution is 0.0777. The van der Waals surface area contributed by atoms with E-state index in [0.717, 1.165) is 12.1 Å². The minimum Gasteiger partial charge on any atom is -0.395 e. The van der Waals surface area contributed by atoms with Crippen molar-refractivity contribution >= 4 is 0 Å². The highest BCUT2D eigenvalue weighted by Crippen LogP contribution is 2.02. The molecule has 2 N–H and O–H groups in total. The third-order valence-corrected chi connectivity index (χ3v) is 3.09. The van der Waals surface area contributed by atoms with E-state index in [1.54, 1.807) is 0 Å². The summed E-state index contributed by atoms with van der Waals surface area (Å²) in [5.41, 5.74) is 2.35. The van der Waals surface area contributed by atoms with Crippen molar-refractivity contribution in [3.8, 4) is 0 Å². The molecule has 0 aliphatic rings. The zero-order valence-electron chi connectivity index (χ0n) is 11.5. The zero-order valence-corrected chi connectivity index (χ0v) is 11.5. The van der Waals surface area contributed by atoms with E-state index in [9.17, 15) is 5.11 Å². The monoisotopic (exact) mass is 271 g/mol. The van der Waals surface area contributed by atoms with Crippen LogP contribution in [0.3, 0.4) is 0 Å². The van der Waals surface area contributed by atoms with Gasteiger partial charge in [-0.3, -0.25) is 0 Å². The summed E-state index contributed by atoms with van der Waals surface area (Å²) in [6, 6.07) is 20.1. The lowest BCUT2D eigenvalue weighted by Gasteiger charge is -2.16. The molecule has 2 aromatic carbocycles. The molecule has 0 spiro atoms. The largest absolute Gasteiger partial charge is 0.395 e. The van der Waals surface area contributed by atoms with E-state index in [-0.39, 0.29) is 12.6 Å². The number of hydrogen-bond donors (Lipinski definition) is 2. The van der Waals surface area contributed by atoms with Gasteiger partial charge in [-0.15, -0.1) is 0 Å². The third kappa shape index (κ3) is 5.13. The number of benzene rings is 2. The summed E-state index contributed by atoms with van der Waals surface area (Å²) >= 11 is 0. The molecule has 3 heteroatoms. The molecular formula is C17H21NO2. The van der Waals surface area contributed by atoms with Crippen LogP contribution < -0.4 is 5.32 Å². The first-order chi connectivity index (χ1) is 9.88. The predicted octanol–water partition coefficient (Wildman–Crippen LogP) is 2.35. The number of nitrogens with one attached hydrogen (secondary N) is 1. The van der Waals surface area contributed by atoms with E-state index in [2.05, 4.69) is 17.4 Å². The third-order valence-electron chi connectivity index (χ3n) is 3.09. The Morgan fingerprint density at radius 1 is 0.900 bits per heavy atom. The van der Waals surface area contributed by atoms with Crippen molar-refractivity contribution in [3.63, 3.8) is 0 Å². The Morgan fingerprint density at radius 3 is 2.10 bits per heavy atom. The summed E-state index contributed by atoms with van der Waals surface area (Å²) < 4.78 is 5.64. The standard InChI is InChI=1S/C17H21NO2/c19-12-17(18-11-15-7-3-1-4-8-15)14-20-13-16-9-5-2-6-10-16/h1-10,17-19H,11-14H2/t17-/m0/s1. The highest BCUT2D eigenvalue weighted by molar-refractivity contribution is 5.14. The highest BCUT2D eigenvalue weighted by Gasteiger charge is 2.06. The summed E-state index contributed by atoms with van der Waals surface area (Å²) in [5, 5.41) is 12.7. The minimum absolute atomic E-state index is 0.0427. The molecule has 2 aromatic rings. The Hall–Kier alpha value is -1.68. The van der Waals surface area contributed by atoms with Gasteiger partial charge in [-0.05, 0) is 11.1 Å². The molecule has 106 valence electrons. The van der Waals surface area contributed by atoms with Crippen LogP contribution in [0.15, 0.2) is 60.7 Å². The van der Waals surface area contributed by atoms with Gasteiger partial charge in [0, 0.05) is 6.54 Å². The van der Waals surface area contributed by atoms with E-state index in [1.165, 1.54) is 5.56 Å². The molecule has 2 rings (SSSR count). The first kappa shape index (κ1) is 14.7. The van der Waals surface area contributed by atoms with Gasteiger partial charge in [0.25, 0.3) is 0 Å². The molecule has 0 aliphatic carbocycles. The van der Waals surface area contributed by atoms with Crippen LogP contribution in [-0.4, -0.2) is 24.4 Å². The van der Waals surface area contributed by atoms with Crippen LogP contribution in [0.1, 0.15) is 11.1 Å². The van der Waals surface area contributed by atoms with Crippen LogP contribution in [-0.2, 0) is 17.9 Å². The van der Waals surface area contributed by atoms with Gasteiger partial charge in [0.1, 0.15) is 0 Å². The van der Waals surface area contributed by atoms with Crippen molar-refractivity contribution in [1.29, 1.82) is 0 Å². The van der Waals surface area contributed by atoms with Crippen LogP contribution in [0.4, 0.5) is 0 Å². The average Bonchev–Trinajstić information content (AvgIpc) is 2.52. The van der Waals surface area contributed by atoms with Crippen LogP contribution in [0.2, 0.25) is 0 Å². The van der Waals surface area contributed by atoms with E-state index in [0.29, 0.717) is 13.2 Å². The van der Waals surface area contributed by atoms with E-state index in [4.69, 9.17) is 4.74 Å². The number of ether oxygens (including phenoxy) is 1. The van der Waals surface area contributed by atoms with Gasteiger partial charge in [0.05, 0.1) is 25.9 Å². The molecule has 0 saturated heterocycles. The fraction of sp³-hybridized carbons (Fsp3) is 0.294. The van der Waals surface area contributed by atoms with Gasteiger partial charge < -0.3 is 15.2 Å². The fourth-order valence-electron chi connectivity index (χ4n) is 1.93. The Bertz CT molecular complexity index is 473. The van der Waals surface area contributed by atoms with Crippen molar-refractivity contribution in [2.45, 2.75) is 19.2 Å². The molecule has 0 unspecified atom stereocenters. The zero-order chi connectivity index (χ0) is 14.0. The highest BCUT2D eigenvalue weighted by atomic mass is 16.5. The van der Waals surface area contributed by atoms with Gasteiger partial charge in [-0.2, -0.15) is 0 Å². The molecule has 0 aromatic heterocycles. The minimum atomic E-state index is -0.0427. The maximum absolute atomic E-state index is 9.36. The first-order valence-electron chi connectivity index (χ1n) is 6.88. The Kier molecular flexibility index (Phi) is 6.24. The van der Waals surface area contributed by atoms with Crippen LogP contribution in [0, 0.1) is 0 Å². The summed E-state index contributed by atoms with van der Waals surface area (Å²) in [6.07, 6.45) is 0. The lowest BCUT2D eigenvalue weighted by atomic mass is 10.2. The number of hydrogen-bond acceptors (Lipinski definition) is 3. The number of rotatable bonds is 8. The van der Waals surface area contributed by atoms with Crippen molar-refractivity contribution in [2.75, 3.05) is 13.2 Å². The van der Waals surface area contributed by atoms with Crippen LogP contribution in [0.25, 0.3) is 0 Å². The predicted molar refractivity (Wildman–Crippen MR) is 80.3 cm³/mol. The Balaban J connectivity index is 1.70. The van der Waals surface area contributed by atoms with Gasteiger partial charge in [-0.1, -0.05) is 60.7 Å². The second-order valence-electron chi connectivity index (χ2n) is 4.75. The molecule has 0 bridgehead atoms. The molecule has 0 saturated carbocycles. The van der Waals surface area contributed by atoms with Crippen molar-refractivity contribution in [2.24, 2.45) is 0 Å². The fourth-order valence-corrected chi connectivity index (χ4v) is 1.93. The molecule has 0 aliphatic heterocycles. The lowest BCUT2D eigenvalue weighted by Crippen LogP contribution is -2.36. The van der Waals surface area contributed by atoms with E-state index < -0.39 is 0 Å². The maximum Gasteiger partial charge on any atom is 0.0717 e. The summed E-state index contributed by atoms with van der Waals surface area (Å²) in [5.74, 6) is 0. The quantitative estimate of drug-likeness (QED) is 0.774. The molecule has 1 atom stereocenters. The first-order valence-corrected chi connectivity index (χ1v) is 6.88. The summed E-state index contributed by atoms with van der Waals surface area (Å²) in [4.78, 5) is 0. The molecule has 3 nitrogen and oxygen atoms in total. The SMILES string of the molecule is OC[C@@H](COCc1ccccc1)NCc1ccccc1. The Labute approximate surface area is 120 Å². The van der Waals surface area contributed by atoms with E-state index >= 15 is 0 Å². The summed E-state index contributed by atoms with van der Waals surface area (Å²) in [6.45, 7) is 1.88. The Morgan fingerprint density at radius 2 is 1.50 bits per heavy atom. The number of aliphatic hydroxyl groups excluding tert-OH is 1. The van der Waals surface area contributed by atoms with Crippen molar-refractivity contribution < 1.29 is 9.84 Å². The molecule has 0 amide bonds. The smallest absolute Gasteiger partial charge is 0.0717 e. The molecule has 0 fully saturated rings. The topological polar surface area (TPSA) is 41.5 Å². The van der Waals surface area contributed by atoms with Crippen LogP contribution in [0.5, 0.6) is 0 Å². The van der Waals surface area contributed by atoms with Gasteiger partial charge in [-0.25, -0.2) is 0 Å². The summed E-state index contributed by atoms with van der Waals surface area (Å²) in [7, 11) is 0. The van der Waals surface area contributed by atoms with Crippen molar-refractivity contribution in [3.05, 3.63) is 71.8 Å². The van der Waals surface area contributed by atoms with Crippen molar-refractivity contribution in [1.82, 2.24) is 5.32 Å². The average molecular weight is 271 g/mol. The number of aliphatic hydroxyl groups is 1. The molecule has 20 heavy (non-hydrogen) atoms.